The third-order valence-electron chi connectivity index (χ3n) is 3.18. The topological polar surface area (TPSA) is 48.0 Å². The lowest BCUT2D eigenvalue weighted by molar-refractivity contribution is 0.313. The summed E-state index contributed by atoms with van der Waals surface area (Å²) in [4.78, 5) is 9.01. The van der Waals surface area contributed by atoms with Gasteiger partial charge in [-0.25, -0.2) is 4.98 Å². The molecule has 1 N–H and O–H groups in total. The van der Waals surface area contributed by atoms with Crippen LogP contribution in [0.2, 0.25) is 0 Å². The molecule has 3 heterocycles. The van der Waals surface area contributed by atoms with Gasteiger partial charge in [0.1, 0.15) is 0 Å². The highest BCUT2D eigenvalue weighted by Gasteiger charge is 2.16. The highest BCUT2D eigenvalue weighted by atomic mass is 15.3. The van der Waals surface area contributed by atoms with Crippen LogP contribution in [0.15, 0.2) is 18.5 Å². The number of hydrogen-bond donors (Lipinski definition) is 1. The van der Waals surface area contributed by atoms with Crippen LogP contribution < -0.4 is 4.90 Å². The van der Waals surface area contributed by atoms with Gasteiger partial charge in [0.15, 0.2) is 5.65 Å². The number of nitrogens with zero attached hydrogens (tertiary/aromatic N) is 4. The number of rotatable bonds is 1. The van der Waals surface area contributed by atoms with E-state index >= 15 is 0 Å². The third-order valence-corrected chi connectivity index (χ3v) is 3.18. The molecule has 0 saturated carbocycles. The summed E-state index contributed by atoms with van der Waals surface area (Å²) < 4.78 is 0. The minimum absolute atomic E-state index is 0.872. The number of aromatic nitrogens is 3. The van der Waals surface area contributed by atoms with Crippen molar-refractivity contribution < 1.29 is 0 Å². The van der Waals surface area contributed by atoms with Gasteiger partial charge in [-0.3, -0.25) is 5.10 Å². The van der Waals surface area contributed by atoms with Crippen LogP contribution in [0.3, 0.4) is 0 Å². The summed E-state index contributed by atoms with van der Waals surface area (Å²) in [6.45, 7) is 4.37. The molecule has 0 radical (unpaired) electrons. The van der Waals surface area contributed by atoms with Crippen LogP contribution in [-0.4, -0.2) is 53.3 Å². The second-order valence-corrected chi connectivity index (χ2v) is 4.25. The Balaban J connectivity index is 1.96. The number of aromatic amines is 1. The zero-order valence-corrected chi connectivity index (χ0v) is 9.35. The summed E-state index contributed by atoms with van der Waals surface area (Å²) in [5, 5.41) is 8.07. The summed E-state index contributed by atoms with van der Waals surface area (Å²) >= 11 is 0. The molecule has 0 bridgehead atoms. The molecule has 0 amide bonds. The second-order valence-electron chi connectivity index (χ2n) is 4.25. The predicted molar refractivity (Wildman–Crippen MR) is 63.6 cm³/mol. The minimum Gasteiger partial charge on any atom is -0.368 e. The Bertz CT molecular complexity index is 484. The molecular formula is C11H15N5. The molecule has 0 spiro atoms. The number of pyridine rings is 1. The lowest BCUT2D eigenvalue weighted by atomic mass is 10.2. The number of fused-ring (bicyclic) bond motifs is 1. The number of nitrogens with one attached hydrogen (secondary N) is 1. The summed E-state index contributed by atoms with van der Waals surface area (Å²) in [5.41, 5.74) is 2.11. The first-order valence-electron chi connectivity index (χ1n) is 5.56. The third kappa shape index (κ3) is 1.53. The second kappa shape index (κ2) is 3.75. The Morgan fingerprint density at radius 1 is 1.25 bits per heavy atom. The number of H-pyrrole nitrogens is 1. The minimum atomic E-state index is 0.872. The SMILES string of the molecule is CN1CCN(c2ccnc3[nH]ncc23)CC1. The monoisotopic (exact) mass is 217 g/mol. The maximum atomic E-state index is 4.26. The van der Waals surface area contributed by atoms with Crippen LogP contribution in [0.1, 0.15) is 0 Å². The molecule has 16 heavy (non-hydrogen) atoms. The molecule has 1 aliphatic heterocycles. The van der Waals surface area contributed by atoms with Gasteiger partial charge in [0.2, 0.25) is 0 Å². The molecule has 1 fully saturated rings. The zero-order chi connectivity index (χ0) is 11.0. The lowest BCUT2D eigenvalue weighted by Crippen LogP contribution is -2.44. The van der Waals surface area contributed by atoms with Gasteiger partial charge in [-0.05, 0) is 13.1 Å². The maximum Gasteiger partial charge on any atom is 0.157 e. The molecule has 5 nitrogen and oxygen atoms in total. The Labute approximate surface area is 94.1 Å². The largest absolute Gasteiger partial charge is 0.368 e. The van der Waals surface area contributed by atoms with E-state index in [1.54, 1.807) is 0 Å². The van der Waals surface area contributed by atoms with Gasteiger partial charge in [0, 0.05) is 32.4 Å². The first-order valence-corrected chi connectivity index (χ1v) is 5.56. The van der Waals surface area contributed by atoms with Crippen molar-refractivity contribution in [2.24, 2.45) is 0 Å². The highest BCUT2D eigenvalue weighted by Crippen LogP contribution is 2.24. The zero-order valence-electron chi connectivity index (χ0n) is 9.35. The van der Waals surface area contributed by atoms with E-state index in [1.807, 2.05) is 12.4 Å². The van der Waals surface area contributed by atoms with Crippen LogP contribution in [-0.2, 0) is 0 Å². The van der Waals surface area contributed by atoms with Gasteiger partial charge in [0.25, 0.3) is 0 Å². The van der Waals surface area contributed by atoms with Crippen LogP contribution in [0.5, 0.6) is 0 Å². The van der Waals surface area contributed by atoms with Crippen LogP contribution >= 0.6 is 0 Å². The molecule has 84 valence electrons. The van der Waals surface area contributed by atoms with Gasteiger partial charge >= 0.3 is 0 Å². The van der Waals surface area contributed by atoms with Crippen LogP contribution in [0.25, 0.3) is 11.0 Å². The smallest absolute Gasteiger partial charge is 0.157 e. The van der Waals surface area contributed by atoms with E-state index in [4.69, 9.17) is 0 Å². The average Bonchev–Trinajstić information content (AvgIpc) is 2.78. The molecule has 1 saturated heterocycles. The quantitative estimate of drug-likeness (QED) is 0.764. The number of anilines is 1. The van der Waals surface area contributed by atoms with Gasteiger partial charge in [-0.2, -0.15) is 5.10 Å². The summed E-state index contributed by atoms with van der Waals surface area (Å²) in [5.74, 6) is 0. The van der Waals surface area contributed by atoms with E-state index in [0.29, 0.717) is 0 Å². The van der Waals surface area contributed by atoms with Crippen molar-refractivity contribution in [2.45, 2.75) is 0 Å². The molecule has 2 aromatic rings. The number of hydrogen-bond acceptors (Lipinski definition) is 4. The van der Waals surface area contributed by atoms with Gasteiger partial charge in [-0.1, -0.05) is 0 Å². The van der Waals surface area contributed by atoms with E-state index in [2.05, 4.69) is 38.1 Å². The van der Waals surface area contributed by atoms with Crippen molar-refractivity contribution in [3.05, 3.63) is 18.5 Å². The van der Waals surface area contributed by atoms with E-state index < -0.39 is 0 Å². The van der Waals surface area contributed by atoms with Gasteiger partial charge in [0.05, 0.1) is 17.3 Å². The van der Waals surface area contributed by atoms with Crippen molar-refractivity contribution in [1.29, 1.82) is 0 Å². The molecular weight excluding hydrogens is 202 g/mol. The molecule has 0 aliphatic carbocycles. The number of likely N-dealkylation sites (N-methyl/N-ethyl adjacent to an activating group) is 1. The Morgan fingerprint density at radius 3 is 2.88 bits per heavy atom. The molecule has 3 rings (SSSR count). The fourth-order valence-corrected chi connectivity index (χ4v) is 2.16. The Kier molecular flexibility index (Phi) is 2.25. The van der Waals surface area contributed by atoms with E-state index in [0.717, 1.165) is 37.2 Å². The maximum absolute atomic E-state index is 4.26. The van der Waals surface area contributed by atoms with Crippen molar-refractivity contribution in [3.8, 4) is 0 Å². The highest BCUT2D eigenvalue weighted by molar-refractivity contribution is 5.88. The summed E-state index contributed by atoms with van der Waals surface area (Å²) in [6, 6.07) is 2.07. The van der Waals surface area contributed by atoms with Crippen molar-refractivity contribution in [1.82, 2.24) is 20.1 Å². The predicted octanol–water partition coefficient (Wildman–Crippen LogP) is 0.710. The van der Waals surface area contributed by atoms with Crippen LogP contribution in [0, 0.1) is 0 Å². The fraction of sp³-hybridized carbons (Fsp3) is 0.455. The van der Waals surface area contributed by atoms with Crippen molar-refractivity contribution in [2.75, 3.05) is 38.1 Å². The number of piperazine rings is 1. The Hall–Kier alpha value is -1.62. The van der Waals surface area contributed by atoms with E-state index in [1.165, 1.54) is 5.69 Å². The standard InChI is InChI=1S/C11H15N5/c1-15-4-6-16(7-5-15)10-2-3-12-11-9(10)8-13-14-11/h2-3,8H,4-7H2,1H3,(H,12,13,14). The van der Waals surface area contributed by atoms with E-state index in [9.17, 15) is 0 Å². The fourth-order valence-electron chi connectivity index (χ4n) is 2.16. The molecule has 5 heteroatoms. The molecule has 0 aromatic carbocycles. The first-order chi connectivity index (χ1) is 7.84. The van der Waals surface area contributed by atoms with Gasteiger partial charge in [-0.15, -0.1) is 0 Å². The molecule has 2 aromatic heterocycles. The van der Waals surface area contributed by atoms with Crippen LogP contribution in [0.4, 0.5) is 5.69 Å². The van der Waals surface area contributed by atoms with Crippen molar-refractivity contribution in [3.63, 3.8) is 0 Å². The van der Waals surface area contributed by atoms with E-state index in [-0.39, 0.29) is 0 Å². The average molecular weight is 217 g/mol. The summed E-state index contributed by atoms with van der Waals surface area (Å²) in [7, 11) is 2.16. The summed E-state index contributed by atoms with van der Waals surface area (Å²) in [6.07, 6.45) is 3.70. The first kappa shape index (κ1) is 9.59. The van der Waals surface area contributed by atoms with Crippen molar-refractivity contribution >= 4 is 16.7 Å². The van der Waals surface area contributed by atoms with Gasteiger partial charge < -0.3 is 9.80 Å². The molecule has 1 aliphatic rings. The normalized spacial score (nSPS) is 18.2. The molecule has 0 atom stereocenters. The molecule has 0 unspecified atom stereocenters. The Morgan fingerprint density at radius 2 is 2.06 bits per heavy atom. The lowest BCUT2D eigenvalue weighted by Gasteiger charge is -2.34.